The highest BCUT2D eigenvalue weighted by molar-refractivity contribution is 5.67. The molecule has 2 aliphatic rings. The summed E-state index contributed by atoms with van der Waals surface area (Å²) in [5.41, 5.74) is -0.523. The van der Waals surface area contributed by atoms with Gasteiger partial charge in [-0.1, -0.05) is 0 Å². The van der Waals surface area contributed by atoms with E-state index in [0.29, 0.717) is 32.7 Å². The number of carbonyl (C=O) groups is 1. The zero-order valence-corrected chi connectivity index (χ0v) is 14.6. The Kier molecular flexibility index (Phi) is 6.36. The smallest absolute Gasteiger partial charge is 0.407 e. The van der Waals surface area contributed by atoms with Gasteiger partial charge in [0.15, 0.2) is 0 Å². The lowest BCUT2D eigenvalue weighted by molar-refractivity contribution is -0.532. The molecule has 2 N–H and O–H groups in total. The van der Waals surface area contributed by atoms with Gasteiger partial charge in [0, 0.05) is 43.6 Å². The number of nitrogens with one attached hydrogen (secondary N) is 2. The van der Waals surface area contributed by atoms with Crippen LogP contribution in [-0.2, 0) is 9.47 Å². The monoisotopic (exact) mass is 344 g/mol. The molecule has 2 aliphatic heterocycles. The Balaban J connectivity index is 1.74. The van der Waals surface area contributed by atoms with Gasteiger partial charge in [0.2, 0.25) is 0 Å². The number of ether oxygens (including phenoxy) is 2. The predicted molar refractivity (Wildman–Crippen MR) is 87.4 cm³/mol. The lowest BCUT2D eigenvalue weighted by Crippen LogP contribution is -2.57. The van der Waals surface area contributed by atoms with Crippen LogP contribution in [0.25, 0.3) is 0 Å². The number of hydrogen-bond donors (Lipinski definition) is 2. The van der Waals surface area contributed by atoms with Crippen LogP contribution in [0, 0.1) is 10.1 Å². The third kappa shape index (κ3) is 5.88. The molecule has 0 bridgehead atoms. The van der Waals surface area contributed by atoms with Gasteiger partial charge in [-0.3, -0.25) is 20.3 Å². The van der Waals surface area contributed by atoms with Crippen LogP contribution < -0.4 is 10.6 Å². The van der Waals surface area contributed by atoms with Crippen LogP contribution in [-0.4, -0.2) is 72.6 Å². The zero-order valence-electron chi connectivity index (χ0n) is 14.6. The lowest BCUT2D eigenvalue weighted by atomic mass is 10.0. The Morgan fingerprint density at radius 1 is 1.46 bits per heavy atom. The minimum absolute atomic E-state index is 0.0977. The molecule has 3 atom stereocenters. The summed E-state index contributed by atoms with van der Waals surface area (Å²) < 4.78 is 10.9. The number of hydrogen-bond acceptors (Lipinski definition) is 7. The van der Waals surface area contributed by atoms with E-state index in [1.165, 1.54) is 0 Å². The minimum atomic E-state index is -0.632. The molecule has 0 saturated carbocycles. The van der Waals surface area contributed by atoms with Crippen LogP contribution in [0.3, 0.4) is 0 Å². The van der Waals surface area contributed by atoms with Gasteiger partial charge in [0.25, 0.3) is 6.17 Å². The van der Waals surface area contributed by atoms with Crippen LogP contribution in [0.1, 0.15) is 33.6 Å². The Morgan fingerprint density at radius 2 is 2.21 bits per heavy atom. The highest BCUT2D eigenvalue weighted by Crippen LogP contribution is 2.17. The van der Waals surface area contributed by atoms with E-state index < -0.39 is 17.9 Å². The molecule has 0 radical (unpaired) electrons. The average molecular weight is 344 g/mol. The molecule has 24 heavy (non-hydrogen) atoms. The normalized spacial score (nSPS) is 29.0. The molecule has 0 aromatic rings. The number of carbonyl (C=O) groups excluding carboxylic acids is 1. The van der Waals surface area contributed by atoms with Crippen LogP contribution in [0.2, 0.25) is 0 Å². The SMILES string of the molecule is CC(C)(C)OC(=O)NCC1CN(C2CCC([N+](=O)[O-])NC2)CCO1. The number of nitrogens with zero attached hydrogens (tertiary/aromatic N) is 2. The third-order valence-electron chi connectivity index (χ3n) is 4.18. The van der Waals surface area contributed by atoms with Crippen LogP contribution in [0.4, 0.5) is 4.79 Å². The van der Waals surface area contributed by atoms with Gasteiger partial charge in [0.05, 0.1) is 12.7 Å². The molecular weight excluding hydrogens is 316 g/mol. The molecule has 2 heterocycles. The maximum Gasteiger partial charge on any atom is 0.407 e. The summed E-state index contributed by atoms with van der Waals surface area (Å²) in [5, 5.41) is 16.5. The first kappa shape index (κ1) is 18.9. The molecular formula is C15H28N4O5. The number of morpholine rings is 1. The van der Waals surface area contributed by atoms with Gasteiger partial charge in [0.1, 0.15) is 5.60 Å². The summed E-state index contributed by atoms with van der Waals surface area (Å²) in [6.07, 6.45) is 0.156. The second kappa shape index (κ2) is 8.09. The molecule has 9 heteroatoms. The molecule has 2 saturated heterocycles. The van der Waals surface area contributed by atoms with E-state index in [-0.39, 0.29) is 17.1 Å². The van der Waals surface area contributed by atoms with Crippen molar-refractivity contribution < 1.29 is 19.2 Å². The van der Waals surface area contributed by atoms with E-state index in [2.05, 4.69) is 15.5 Å². The van der Waals surface area contributed by atoms with Crippen molar-refractivity contribution in [3.8, 4) is 0 Å². The lowest BCUT2D eigenvalue weighted by Gasteiger charge is -2.40. The number of rotatable bonds is 4. The van der Waals surface area contributed by atoms with Gasteiger partial charge in [-0.15, -0.1) is 0 Å². The Hall–Kier alpha value is -1.45. The van der Waals surface area contributed by atoms with Crippen molar-refractivity contribution in [3.63, 3.8) is 0 Å². The van der Waals surface area contributed by atoms with E-state index in [1.807, 2.05) is 20.8 Å². The Labute approximate surface area is 142 Å². The van der Waals surface area contributed by atoms with E-state index in [0.717, 1.165) is 13.0 Å². The highest BCUT2D eigenvalue weighted by Gasteiger charge is 2.33. The maximum atomic E-state index is 11.7. The average Bonchev–Trinajstić information content (AvgIpc) is 2.52. The first-order chi connectivity index (χ1) is 11.2. The summed E-state index contributed by atoms with van der Waals surface area (Å²) in [6.45, 7) is 8.56. The van der Waals surface area contributed by atoms with Crippen molar-refractivity contribution in [1.82, 2.24) is 15.5 Å². The minimum Gasteiger partial charge on any atom is -0.444 e. The molecule has 0 aromatic carbocycles. The summed E-state index contributed by atoms with van der Waals surface area (Å²) in [6, 6.07) is 0.272. The molecule has 138 valence electrons. The molecule has 1 amide bonds. The van der Waals surface area contributed by atoms with Crippen LogP contribution >= 0.6 is 0 Å². The molecule has 9 nitrogen and oxygen atoms in total. The predicted octanol–water partition coefficient (Wildman–Crippen LogP) is 0.567. The summed E-state index contributed by atoms with van der Waals surface area (Å²) in [5.74, 6) is 0. The third-order valence-corrected chi connectivity index (χ3v) is 4.18. The fourth-order valence-electron chi connectivity index (χ4n) is 3.03. The molecule has 0 spiro atoms. The molecule has 0 aromatic heterocycles. The standard InChI is InChI=1S/C15H28N4O5/c1-15(2,3)24-14(20)17-9-12-10-18(6-7-23-12)11-4-5-13(16-8-11)19(21)22/h11-13,16H,4-10H2,1-3H3,(H,17,20). The topological polar surface area (TPSA) is 106 Å². The van der Waals surface area contributed by atoms with Crippen molar-refractivity contribution in [1.29, 1.82) is 0 Å². The van der Waals surface area contributed by atoms with Gasteiger partial charge >= 0.3 is 6.09 Å². The van der Waals surface area contributed by atoms with Crippen molar-refractivity contribution in [3.05, 3.63) is 10.1 Å². The van der Waals surface area contributed by atoms with Crippen molar-refractivity contribution >= 4 is 6.09 Å². The molecule has 2 rings (SSSR count). The quantitative estimate of drug-likeness (QED) is 0.567. The van der Waals surface area contributed by atoms with Crippen LogP contribution in [0.5, 0.6) is 0 Å². The van der Waals surface area contributed by atoms with Crippen molar-refractivity contribution in [2.45, 2.75) is 57.5 Å². The number of nitro groups is 1. The fourth-order valence-corrected chi connectivity index (χ4v) is 3.03. The van der Waals surface area contributed by atoms with Gasteiger partial charge in [-0.2, -0.15) is 0 Å². The second-order valence-corrected chi connectivity index (χ2v) is 7.31. The van der Waals surface area contributed by atoms with Crippen molar-refractivity contribution in [2.75, 3.05) is 32.8 Å². The summed E-state index contributed by atoms with van der Waals surface area (Å²) in [7, 11) is 0. The fraction of sp³-hybridized carbons (Fsp3) is 0.933. The molecule has 2 fully saturated rings. The van der Waals surface area contributed by atoms with E-state index >= 15 is 0 Å². The maximum absolute atomic E-state index is 11.7. The van der Waals surface area contributed by atoms with E-state index in [1.54, 1.807) is 0 Å². The molecule has 0 aliphatic carbocycles. The van der Waals surface area contributed by atoms with Gasteiger partial charge < -0.3 is 14.8 Å². The summed E-state index contributed by atoms with van der Waals surface area (Å²) >= 11 is 0. The van der Waals surface area contributed by atoms with Gasteiger partial charge in [-0.05, 0) is 27.2 Å². The molecule has 3 unspecified atom stereocenters. The second-order valence-electron chi connectivity index (χ2n) is 7.31. The van der Waals surface area contributed by atoms with E-state index in [4.69, 9.17) is 9.47 Å². The Bertz CT molecular complexity index is 446. The first-order valence-corrected chi connectivity index (χ1v) is 8.44. The van der Waals surface area contributed by atoms with Crippen molar-refractivity contribution in [2.24, 2.45) is 0 Å². The first-order valence-electron chi connectivity index (χ1n) is 8.44. The largest absolute Gasteiger partial charge is 0.444 e. The number of amides is 1. The number of piperidine rings is 1. The Morgan fingerprint density at radius 3 is 2.79 bits per heavy atom. The van der Waals surface area contributed by atoms with E-state index in [9.17, 15) is 14.9 Å². The zero-order chi connectivity index (χ0) is 17.7. The van der Waals surface area contributed by atoms with Gasteiger partial charge in [-0.25, -0.2) is 4.79 Å². The number of alkyl carbamates (subject to hydrolysis) is 1. The highest BCUT2D eigenvalue weighted by atomic mass is 16.6. The summed E-state index contributed by atoms with van der Waals surface area (Å²) in [4.78, 5) is 24.5. The van der Waals surface area contributed by atoms with Crippen LogP contribution in [0.15, 0.2) is 0 Å².